The molecule has 1 fully saturated rings. The SMILES string of the molecule is O=C1CCC(C2C=CCCC2)C(=O)N1. The van der Waals surface area contributed by atoms with E-state index in [9.17, 15) is 9.59 Å². The fourth-order valence-corrected chi connectivity index (χ4v) is 2.29. The lowest BCUT2D eigenvalue weighted by Gasteiger charge is -2.28. The lowest BCUT2D eigenvalue weighted by atomic mass is 9.80. The van der Waals surface area contributed by atoms with Crippen LogP contribution in [0.5, 0.6) is 0 Å². The number of hydrogen-bond donors (Lipinski definition) is 1. The number of rotatable bonds is 1. The molecule has 2 unspecified atom stereocenters. The maximum absolute atomic E-state index is 11.5. The molecular weight excluding hydrogens is 178 g/mol. The minimum Gasteiger partial charge on any atom is -0.296 e. The Labute approximate surface area is 83.6 Å². The van der Waals surface area contributed by atoms with E-state index in [1.807, 2.05) is 0 Å². The molecule has 2 amide bonds. The van der Waals surface area contributed by atoms with Gasteiger partial charge in [0.2, 0.25) is 11.8 Å². The highest BCUT2D eigenvalue weighted by molar-refractivity contribution is 5.98. The summed E-state index contributed by atoms with van der Waals surface area (Å²) in [7, 11) is 0. The first kappa shape index (κ1) is 9.44. The molecule has 1 heterocycles. The number of carbonyl (C=O) groups excluding carboxylic acids is 2. The summed E-state index contributed by atoms with van der Waals surface area (Å²) in [6.07, 6.45) is 8.90. The molecule has 0 bridgehead atoms. The molecule has 2 atom stereocenters. The third kappa shape index (κ3) is 1.86. The highest BCUT2D eigenvalue weighted by Crippen LogP contribution is 2.29. The van der Waals surface area contributed by atoms with E-state index in [0.717, 1.165) is 19.3 Å². The van der Waals surface area contributed by atoms with Gasteiger partial charge in [0.15, 0.2) is 0 Å². The van der Waals surface area contributed by atoms with Gasteiger partial charge in [0.25, 0.3) is 0 Å². The molecule has 0 radical (unpaired) electrons. The number of hydrogen-bond acceptors (Lipinski definition) is 2. The second-order valence-corrected chi connectivity index (χ2v) is 4.08. The first-order chi connectivity index (χ1) is 6.77. The number of nitrogens with one attached hydrogen (secondary N) is 1. The van der Waals surface area contributed by atoms with Crippen molar-refractivity contribution in [1.29, 1.82) is 0 Å². The lowest BCUT2D eigenvalue weighted by Crippen LogP contribution is -2.43. The Morgan fingerprint density at radius 1 is 1.29 bits per heavy atom. The van der Waals surface area contributed by atoms with Crippen LogP contribution in [0.25, 0.3) is 0 Å². The van der Waals surface area contributed by atoms with Crippen molar-refractivity contribution in [3.63, 3.8) is 0 Å². The molecule has 1 saturated heterocycles. The highest BCUT2D eigenvalue weighted by Gasteiger charge is 2.32. The van der Waals surface area contributed by atoms with Crippen LogP contribution in [0.3, 0.4) is 0 Å². The van der Waals surface area contributed by atoms with Crippen LogP contribution in [0.4, 0.5) is 0 Å². The Morgan fingerprint density at radius 3 is 2.79 bits per heavy atom. The Hall–Kier alpha value is -1.12. The van der Waals surface area contributed by atoms with Crippen LogP contribution in [0.15, 0.2) is 12.2 Å². The van der Waals surface area contributed by atoms with E-state index in [1.165, 1.54) is 6.42 Å². The zero-order valence-electron chi connectivity index (χ0n) is 8.16. The molecule has 2 rings (SSSR count). The van der Waals surface area contributed by atoms with Crippen molar-refractivity contribution in [3.8, 4) is 0 Å². The molecule has 2 aliphatic rings. The van der Waals surface area contributed by atoms with E-state index in [0.29, 0.717) is 12.3 Å². The van der Waals surface area contributed by atoms with E-state index in [1.54, 1.807) is 0 Å². The van der Waals surface area contributed by atoms with Gasteiger partial charge in [-0.25, -0.2) is 0 Å². The van der Waals surface area contributed by atoms with Gasteiger partial charge < -0.3 is 0 Å². The second kappa shape index (κ2) is 3.95. The summed E-state index contributed by atoms with van der Waals surface area (Å²) in [5, 5.41) is 2.41. The third-order valence-corrected chi connectivity index (χ3v) is 3.09. The largest absolute Gasteiger partial charge is 0.296 e. The molecule has 3 heteroatoms. The van der Waals surface area contributed by atoms with Crippen LogP contribution in [0, 0.1) is 11.8 Å². The molecule has 0 spiro atoms. The average molecular weight is 193 g/mol. The molecule has 76 valence electrons. The van der Waals surface area contributed by atoms with Crippen molar-refractivity contribution in [2.45, 2.75) is 32.1 Å². The van der Waals surface area contributed by atoms with Crippen LogP contribution in [-0.2, 0) is 9.59 Å². The Bertz CT molecular complexity index is 283. The van der Waals surface area contributed by atoms with E-state index in [-0.39, 0.29) is 17.7 Å². The van der Waals surface area contributed by atoms with Gasteiger partial charge in [-0.2, -0.15) is 0 Å². The highest BCUT2D eigenvalue weighted by atomic mass is 16.2. The van der Waals surface area contributed by atoms with Crippen molar-refractivity contribution in [3.05, 3.63) is 12.2 Å². The van der Waals surface area contributed by atoms with Crippen molar-refractivity contribution in [2.24, 2.45) is 11.8 Å². The minimum atomic E-state index is -0.119. The quantitative estimate of drug-likeness (QED) is 0.505. The van der Waals surface area contributed by atoms with Gasteiger partial charge in [-0.15, -0.1) is 0 Å². The average Bonchev–Trinajstić information content (AvgIpc) is 2.19. The molecule has 0 aromatic heterocycles. The van der Waals surface area contributed by atoms with Gasteiger partial charge in [-0.1, -0.05) is 12.2 Å². The normalized spacial score (nSPS) is 32.9. The molecule has 0 aromatic rings. The summed E-state index contributed by atoms with van der Waals surface area (Å²) < 4.78 is 0. The summed E-state index contributed by atoms with van der Waals surface area (Å²) in [4.78, 5) is 22.5. The van der Waals surface area contributed by atoms with Gasteiger partial charge in [0, 0.05) is 12.3 Å². The fourth-order valence-electron chi connectivity index (χ4n) is 2.29. The third-order valence-electron chi connectivity index (χ3n) is 3.09. The van der Waals surface area contributed by atoms with Gasteiger partial charge in [-0.3, -0.25) is 14.9 Å². The van der Waals surface area contributed by atoms with E-state index in [2.05, 4.69) is 17.5 Å². The zero-order valence-corrected chi connectivity index (χ0v) is 8.16. The molecule has 1 N–H and O–H groups in total. The number of imide groups is 1. The lowest BCUT2D eigenvalue weighted by molar-refractivity contribution is -0.137. The van der Waals surface area contributed by atoms with Crippen molar-refractivity contribution < 1.29 is 9.59 Å². The predicted octanol–water partition coefficient (Wildman–Crippen LogP) is 1.40. The monoisotopic (exact) mass is 193 g/mol. The van der Waals surface area contributed by atoms with Crippen LogP contribution in [0.2, 0.25) is 0 Å². The van der Waals surface area contributed by atoms with Gasteiger partial charge in [-0.05, 0) is 31.6 Å². The van der Waals surface area contributed by atoms with E-state index >= 15 is 0 Å². The maximum atomic E-state index is 11.5. The smallest absolute Gasteiger partial charge is 0.230 e. The van der Waals surface area contributed by atoms with Crippen molar-refractivity contribution in [2.75, 3.05) is 0 Å². The van der Waals surface area contributed by atoms with Crippen molar-refractivity contribution in [1.82, 2.24) is 5.32 Å². The minimum absolute atomic E-state index is 0.0317. The van der Waals surface area contributed by atoms with E-state index < -0.39 is 0 Å². The van der Waals surface area contributed by atoms with Crippen LogP contribution in [-0.4, -0.2) is 11.8 Å². The number of allylic oxidation sites excluding steroid dienone is 2. The number of piperidine rings is 1. The summed E-state index contributed by atoms with van der Waals surface area (Å²) in [6.45, 7) is 0. The number of carbonyl (C=O) groups is 2. The Morgan fingerprint density at radius 2 is 2.14 bits per heavy atom. The molecule has 0 aromatic carbocycles. The van der Waals surface area contributed by atoms with Crippen LogP contribution in [0.1, 0.15) is 32.1 Å². The van der Waals surface area contributed by atoms with Gasteiger partial charge >= 0.3 is 0 Å². The standard InChI is InChI=1S/C11H15NO2/c13-10-7-6-9(11(14)12-10)8-4-2-1-3-5-8/h2,4,8-9H,1,3,5-7H2,(H,12,13,14). The summed E-state index contributed by atoms with van der Waals surface area (Å²) in [5.41, 5.74) is 0. The summed E-state index contributed by atoms with van der Waals surface area (Å²) >= 11 is 0. The summed E-state index contributed by atoms with van der Waals surface area (Å²) in [6, 6.07) is 0. The zero-order chi connectivity index (χ0) is 9.97. The van der Waals surface area contributed by atoms with Crippen LogP contribution < -0.4 is 5.32 Å². The second-order valence-electron chi connectivity index (χ2n) is 4.08. The summed E-state index contributed by atoms with van der Waals surface area (Å²) in [5.74, 6) is 0.199. The molecule has 14 heavy (non-hydrogen) atoms. The van der Waals surface area contributed by atoms with Crippen LogP contribution >= 0.6 is 0 Å². The first-order valence-corrected chi connectivity index (χ1v) is 5.28. The molecule has 0 saturated carbocycles. The Balaban J connectivity index is 2.03. The maximum Gasteiger partial charge on any atom is 0.230 e. The Kier molecular flexibility index (Phi) is 2.66. The fraction of sp³-hybridized carbons (Fsp3) is 0.636. The number of amides is 2. The predicted molar refractivity (Wildman–Crippen MR) is 52.4 cm³/mol. The topological polar surface area (TPSA) is 46.2 Å². The molecule has 1 aliphatic heterocycles. The molecule has 1 aliphatic carbocycles. The van der Waals surface area contributed by atoms with Gasteiger partial charge in [0.05, 0.1) is 0 Å². The van der Waals surface area contributed by atoms with Crippen molar-refractivity contribution >= 4 is 11.8 Å². The van der Waals surface area contributed by atoms with E-state index in [4.69, 9.17) is 0 Å². The molecule has 3 nitrogen and oxygen atoms in total. The van der Waals surface area contributed by atoms with Gasteiger partial charge in [0.1, 0.15) is 0 Å². The molecular formula is C11H15NO2. The first-order valence-electron chi connectivity index (χ1n) is 5.28.